The molecule has 7 heteroatoms. The van der Waals surface area contributed by atoms with Crippen molar-refractivity contribution >= 4 is 17.5 Å². The number of benzene rings is 2. The topological polar surface area (TPSA) is 72.0 Å². The Morgan fingerprint density at radius 2 is 1.81 bits per heavy atom. The van der Waals surface area contributed by atoms with Gasteiger partial charge in [-0.05, 0) is 55.3 Å². The van der Waals surface area contributed by atoms with E-state index >= 15 is 0 Å². The predicted octanol–water partition coefficient (Wildman–Crippen LogP) is 3.81. The Morgan fingerprint density at radius 1 is 1.04 bits per heavy atom. The lowest BCUT2D eigenvalue weighted by molar-refractivity contribution is 0.340. The van der Waals surface area contributed by atoms with Gasteiger partial charge in [-0.15, -0.1) is 5.10 Å². The number of hydrogen-bond acceptors (Lipinski definition) is 6. The molecule has 0 amide bonds. The fourth-order valence-corrected chi connectivity index (χ4v) is 2.36. The van der Waals surface area contributed by atoms with Gasteiger partial charge in [0.05, 0.1) is 12.8 Å². The van der Waals surface area contributed by atoms with Crippen LogP contribution in [0.5, 0.6) is 5.75 Å². The van der Waals surface area contributed by atoms with Gasteiger partial charge in [0.1, 0.15) is 11.6 Å². The molecule has 1 aromatic heterocycles. The Kier molecular flexibility index (Phi) is 5.92. The summed E-state index contributed by atoms with van der Waals surface area (Å²) in [6.45, 7) is 3.23. The second-order valence-corrected chi connectivity index (χ2v) is 5.55. The van der Waals surface area contributed by atoms with Crippen LogP contribution < -0.4 is 15.4 Å². The predicted molar refractivity (Wildman–Crippen MR) is 99.3 cm³/mol. The summed E-state index contributed by atoms with van der Waals surface area (Å²) in [7, 11) is 0. The molecule has 0 aliphatic heterocycles. The van der Waals surface area contributed by atoms with Gasteiger partial charge in [0.15, 0.2) is 5.82 Å². The number of hydrogen-bond donors (Lipinski definition) is 2. The van der Waals surface area contributed by atoms with Crippen LogP contribution in [0, 0.1) is 5.82 Å². The first-order valence-electron chi connectivity index (χ1n) is 8.41. The number of halogens is 1. The van der Waals surface area contributed by atoms with Crippen LogP contribution in [-0.2, 0) is 6.42 Å². The van der Waals surface area contributed by atoms with Gasteiger partial charge in [-0.3, -0.25) is 0 Å². The Hall–Kier alpha value is -3.22. The molecule has 0 aliphatic carbocycles. The first kappa shape index (κ1) is 17.6. The fraction of sp³-hybridized carbons (Fsp3) is 0.211. The highest BCUT2D eigenvalue weighted by Gasteiger charge is 2.02. The van der Waals surface area contributed by atoms with E-state index in [4.69, 9.17) is 4.74 Å². The zero-order chi connectivity index (χ0) is 18.2. The van der Waals surface area contributed by atoms with Crippen LogP contribution >= 0.6 is 0 Å². The molecule has 0 bridgehead atoms. The molecule has 0 aliphatic rings. The van der Waals surface area contributed by atoms with Crippen LogP contribution in [0.1, 0.15) is 12.5 Å². The summed E-state index contributed by atoms with van der Waals surface area (Å²) in [4.78, 5) is 4.39. The van der Waals surface area contributed by atoms with E-state index in [2.05, 4.69) is 25.8 Å². The minimum absolute atomic E-state index is 0.230. The Labute approximate surface area is 151 Å². The lowest BCUT2D eigenvalue weighted by atomic mass is 10.1. The number of anilines is 3. The minimum atomic E-state index is -0.230. The summed E-state index contributed by atoms with van der Waals surface area (Å²) < 4.78 is 18.3. The van der Waals surface area contributed by atoms with Gasteiger partial charge in [-0.2, -0.15) is 10.1 Å². The number of aromatic nitrogens is 3. The summed E-state index contributed by atoms with van der Waals surface area (Å²) in [5.74, 6) is 1.61. The van der Waals surface area contributed by atoms with Gasteiger partial charge in [0.2, 0.25) is 5.95 Å². The Balaban J connectivity index is 1.54. The second-order valence-electron chi connectivity index (χ2n) is 5.55. The van der Waals surface area contributed by atoms with Crippen LogP contribution in [0.4, 0.5) is 21.8 Å². The molecule has 0 radical (unpaired) electrons. The van der Waals surface area contributed by atoms with E-state index in [9.17, 15) is 4.39 Å². The SMILES string of the molecule is CCOc1ccc(Nc2nncc(NCCc3ccc(F)cc3)n2)cc1. The van der Waals surface area contributed by atoms with Crippen LogP contribution in [0.15, 0.2) is 54.7 Å². The lowest BCUT2D eigenvalue weighted by Crippen LogP contribution is -2.08. The van der Waals surface area contributed by atoms with Crippen molar-refractivity contribution in [3.63, 3.8) is 0 Å². The first-order chi connectivity index (χ1) is 12.7. The van der Waals surface area contributed by atoms with E-state index < -0.39 is 0 Å². The van der Waals surface area contributed by atoms with Gasteiger partial charge in [-0.1, -0.05) is 12.1 Å². The van der Waals surface area contributed by atoms with Crippen molar-refractivity contribution in [1.82, 2.24) is 15.2 Å². The van der Waals surface area contributed by atoms with Crippen LogP contribution in [0.2, 0.25) is 0 Å². The van der Waals surface area contributed by atoms with E-state index in [0.29, 0.717) is 24.9 Å². The van der Waals surface area contributed by atoms with Crippen molar-refractivity contribution in [2.45, 2.75) is 13.3 Å². The zero-order valence-corrected chi connectivity index (χ0v) is 14.4. The molecule has 3 rings (SSSR count). The molecule has 26 heavy (non-hydrogen) atoms. The van der Waals surface area contributed by atoms with Crippen molar-refractivity contribution < 1.29 is 9.13 Å². The summed E-state index contributed by atoms with van der Waals surface area (Å²) in [5.41, 5.74) is 1.90. The van der Waals surface area contributed by atoms with Crippen LogP contribution in [0.3, 0.4) is 0 Å². The van der Waals surface area contributed by atoms with Crippen molar-refractivity contribution in [3.05, 3.63) is 66.1 Å². The standard InChI is InChI=1S/C19H20FN5O/c1-2-26-17-9-7-16(8-10-17)23-19-24-18(13-22-25-19)21-12-11-14-3-5-15(20)6-4-14/h3-10,13H,2,11-12H2,1H3,(H2,21,23,24,25). The quantitative estimate of drug-likeness (QED) is 0.642. The third-order valence-electron chi connectivity index (χ3n) is 3.61. The molecule has 6 nitrogen and oxygen atoms in total. The lowest BCUT2D eigenvalue weighted by Gasteiger charge is -2.08. The smallest absolute Gasteiger partial charge is 0.249 e. The number of rotatable bonds is 8. The summed E-state index contributed by atoms with van der Waals surface area (Å²) in [6.07, 6.45) is 2.32. The zero-order valence-electron chi connectivity index (χ0n) is 14.4. The van der Waals surface area contributed by atoms with Crippen LogP contribution in [-0.4, -0.2) is 28.3 Å². The molecule has 0 atom stereocenters. The average molecular weight is 353 g/mol. The van der Waals surface area contributed by atoms with Crippen molar-refractivity contribution in [3.8, 4) is 5.75 Å². The average Bonchev–Trinajstić information content (AvgIpc) is 2.66. The van der Waals surface area contributed by atoms with E-state index in [1.54, 1.807) is 18.3 Å². The second kappa shape index (κ2) is 8.75. The highest BCUT2D eigenvalue weighted by atomic mass is 19.1. The molecule has 2 aromatic carbocycles. The molecular formula is C19H20FN5O. The number of nitrogens with one attached hydrogen (secondary N) is 2. The van der Waals surface area contributed by atoms with Crippen molar-refractivity contribution in [2.75, 3.05) is 23.8 Å². The highest BCUT2D eigenvalue weighted by Crippen LogP contribution is 2.18. The largest absolute Gasteiger partial charge is 0.494 e. The number of nitrogens with zero attached hydrogens (tertiary/aromatic N) is 3. The highest BCUT2D eigenvalue weighted by molar-refractivity contribution is 5.55. The molecule has 2 N–H and O–H groups in total. The van der Waals surface area contributed by atoms with Crippen molar-refractivity contribution in [2.24, 2.45) is 0 Å². The molecule has 0 saturated carbocycles. The van der Waals surface area contributed by atoms with E-state index in [-0.39, 0.29) is 5.82 Å². The molecule has 0 spiro atoms. The van der Waals surface area contributed by atoms with Gasteiger partial charge in [0, 0.05) is 12.2 Å². The van der Waals surface area contributed by atoms with E-state index in [0.717, 1.165) is 23.4 Å². The minimum Gasteiger partial charge on any atom is -0.494 e. The molecule has 0 fully saturated rings. The molecular weight excluding hydrogens is 333 g/mol. The third-order valence-corrected chi connectivity index (χ3v) is 3.61. The Morgan fingerprint density at radius 3 is 2.54 bits per heavy atom. The third kappa shape index (κ3) is 5.14. The number of ether oxygens (including phenoxy) is 1. The molecule has 0 saturated heterocycles. The van der Waals surface area contributed by atoms with Gasteiger partial charge < -0.3 is 15.4 Å². The summed E-state index contributed by atoms with van der Waals surface area (Å²) in [5, 5.41) is 14.2. The molecule has 134 valence electrons. The van der Waals surface area contributed by atoms with Crippen molar-refractivity contribution in [1.29, 1.82) is 0 Å². The van der Waals surface area contributed by atoms with E-state index in [1.165, 1.54) is 12.1 Å². The molecule has 0 unspecified atom stereocenters. The molecule has 1 heterocycles. The maximum Gasteiger partial charge on any atom is 0.249 e. The van der Waals surface area contributed by atoms with Crippen LogP contribution in [0.25, 0.3) is 0 Å². The van der Waals surface area contributed by atoms with E-state index in [1.807, 2.05) is 31.2 Å². The Bertz CT molecular complexity index is 824. The van der Waals surface area contributed by atoms with Gasteiger partial charge in [0.25, 0.3) is 0 Å². The monoisotopic (exact) mass is 353 g/mol. The maximum absolute atomic E-state index is 12.9. The molecule has 3 aromatic rings. The van der Waals surface area contributed by atoms with Gasteiger partial charge in [-0.25, -0.2) is 4.39 Å². The maximum atomic E-state index is 12.9. The van der Waals surface area contributed by atoms with Gasteiger partial charge >= 0.3 is 0 Å². The first-order valence-corrected chi connectivity index (χ1v) is 8.41. The fourth-order valence-electron chi connectivity index (χ4n) is 2.36. The summed E-state index contributed by atoms with van der Waals surface area (Å²) >= 11 is 0. The summed E-state index contributed by atoms with van der Waals surface area (Å²) in [6, 6.07) is 14.0. The normalized spacial score (nSPS) is 10.4.